The first-order chi connectivity index (χ1) is 13.1. The van der Waals surface area contributed by atoms with Crippen molar-refractivity contribution in [1.29, 1.82) is 0 Å². The van der Waals surface area contributed by atoms with E-state index < -0.39 is 0 Å². The maximum atomic E-state index is 12.3. The van der Waals surface area contributed by atoms with Crippen LogP contribution in [0.15, 0.2) is 24.3 Å². The molecule has 1 fully saturated rings. The number of carbonyl (C=O) groups excluding carboxylic acids is 2. The first-order valence-electron chi connectivity index (χ1n) is 9.20. The average molecular weight is 369 g/mol. The van der Waals surface area contributed by atoms with Gasteiger partial charge in [0.2, 0.25) is 0 Å². The molecule has 1 aromatic heterocycles. The Balaban J connectivity index is 1.36. The standard InChI is InChI=1S/C18H23N7O2/c1-23-9-10-24(18(23)27)14-6-4-5-13(11-14)20-17(26)19-12-16-22-21-15-7-2-3-8-25(15)16/h4-6,11H,2-3,7-10,12H2,1H3,(H2,19,20,26). The normalized spacial score (nSPS) is 16.4. The second kappa shape index (κ2) is 7.26. The summed E-state index contributed by atoms with van der Waals surface area (Å²) in [6.07, 6.45) is 3.19. The van der Waals surface area contributed by atoms with Crippen molar-refractivity contribution in [1.82, 2.24) is 25.0 Å². The minimum atomic E-state index is -0.315. The summed E-state index contributed by atoms with van der Waals surface area (Å²) in [6.45, 7) is 2.57. The molecule has 2 N–H and O–H groups in total. The van der Waals surface area contributed by atoms with Crippen molar-refractivity contribution in [2.24, 2.45) is 0 Å². The van der Waals surface area contributed by atoms with Gasteiger partial charge in [0.1, 0.15) is 5.82 Å². The number of benzene rings is 1. The summed E-state index contributed by atoms with van der Waals surface area (Å²) in [5.41, 5.74) is 1.41. The first-order valence-corrected chi connectivity index (χ1v) is 9.20. The van der Waals surface area contributed by atoms with Gasteiger partial charge in [0.25, 0.3) is 0 Å². The molecule has 0 atom stereocenters. The highest BCUT2D eigenvalue weighted by Gasteiger charge is 2.26. The van der Waals surface area contributed by atoms with Gasteiger partial charge < -0.3 is 20.1 Å². The van der Waals surface area contributed by atoms with Gasteiger partial charge >= 0.3 is 12.1 Å². The van der Waals surface area contributed by atoms with E-state index >= 15 is 0 Å². The third-order valence-corrected chi connectivity index (χ3v) is 4.98. The number of hydrogen-bond acceptors (Lipinski definition) is 4. The molecule has 4 amide bonds. The van der Waals surface area contributed by atoms with Crippen molar-refractivity contribution < 1.29 is 9.59 Å². The number of aromatic nitrogens is 3. The van der Waals surface area contributed by atoms with Crippen LogP contribution in [0.25, 0.3) is 0 Å². The van der Waals surface area contributed by atoms with E-state index in [1.54, 1.807) is 29.0 Å². The maximum absolute atomic E-state index is 12.3. The van der Waals surface area contributed by atoms with Gasteiger partial charge in [-0.05, 0) is 31.0 Å². The highest BCUT2D eigenvalue weighted by atomic mass is 16.2. The van der Waals surface area contributed by atoms with Crippen LogP contribution in [0.4, 0.5) is 21.0 Å². The molecular formula is C18H23N7O2. The molecule has 0 saturated carbocycles. The summed E-state index contributed by atoms with van der Waals surface area (Å²) in [7, 11) is 1.78. The van der Waals surface area contributed by atoms with Crippen molar-refractivity contribution in [2.75, 3.05) is 30.4 Å². The molecule has 4 rings (SSSR count). The van der Waals surface area contributed by atoms with E-state index in [9.17, 15) is 9.59 Å². The van der Waals surface area contributed by atoms with E-state index in [-0.39, 0.29) is 12.1 Å². The Bertz CT molecular complexity index is 863. The molecule has 142 valence electrons. The lowest BCUT2D eigenvalue weighted by atomic mass is 10.2. The van der Waals surface area contributed by atoms with Gasteiger partial charge in [-0.2, -0.15) is 0 Å². The summed E-state index contributed by atoms with van der Waals surface area (Å²) in [5, 5.41) is 14.0. The Morgan fingerprint density at radius 3 is 2.89 bits per heavy atom. The number of aryl methyl sites for hydroxylation is 1. The second-order valence-corrected chi connectivity index (χ2v) is 6.85. The zero-order valence-electron chi connectivity index (χ0n) is 15.3. The monoisotopic (exact) mass is 369 g/mol. The molecule has 1 aromatic carbocycles. The molecule has 0 spiro atoms. The van der Waals surface area contributed by atoms with Gasteiger partial charge in [-0.1, -0.05) is 6.07 Å². The molecule has 0 aliphatic carbocycles. The summed E-state index contributed by atoms with van der Waals surface area (Å²) >= 11 is 0. The SMILES string of the molecule is CN1CCN(c2cccc(NC(=O)NCc3nnc4n3CCCC4)c2)C1=O. The number of urea groups is 2. The number of rotatable bonds is 4. The van der Waals surface area contributed by atoms with E-state index in [1.807, 2.05) is 12.1 Å². The maximum Gasteiger partial charge on any atom is 0.324 e. The number of anilines is 2. The van der Waals surface area contributed by atoms with Crippen LogP contribution in [0.2, 0.25) is 0 Å². The first kappa shape index (κ1) is 17.3. The van der Waals surface area contributed by atoms with Crippen molar-refractivity contribution in [3.05, 3.63) is 35.9 Å². The smallest absolute Gasteiger partial charge is 0.324 e. The molecule has 0 bridgehead atoms. The molecule has 3 heterocycles. The van der Waals surface area contributed by atoms with Gasteiger partial charge in [0.15, 0.2) is 5.82 Å². The second-order valence-electron chi connectivity index (χ2n) is 6.85. The predicted octanol–water partition coefficient (Wildman–Crippen LogP) is 1.81. The number of likely N-dealkylation sites (N-methyl/N-ethyl adjacent to an activating group) is 1. The Kier molecular flexibility index (Phi) is 4.66. The van der Waals surface area contributed by atoms with Crippen LogP contribution >= 0.6 is 0 Å². The molecule has 27 heavy (non-hydrogen) atoms. The Morgan fingerprint density at radius 2 is 2.07 bits per heavy atom. The fraction of sp³-hybridized carbons (Fsp3) is 0.444. The molecule has 2 aliphatic rings. The van der Waals surface area contributed by atoms with Gasteiger partial charge in [0.05, 0.1) is 6.54 Å². The van der Waals surface area contributed by atoms with Gasteiger partial charge in [0, 0.05) is 44.5 Å². The van der Waals surface area contributed by atoms with Crippen LogP contribution in [0.5, 0.6) is 0 Å². The zero-order chi connectivity index (χ0) is 18.8. The fourth-order valence-corrected chi connectivity index (χ4v) is 3.47. The van der Waals surface area contributed by atoms with E-state index in [4.69, 9.17) is 0 Å². The minimum absolute atomic E-state index is 0.0341. The molecule has 9 nitrogen and oxygen atoms in total. The Hall–Kier alpha value is -3.10. The lowest BCUT2D eigenvalue weighted by molar-refractivity contribution is 0.229. The van der Waals surface area contributed by atoms with E-state index in [0.29, 0.717) is 25.3 Å². The third kappa shape index (κ3) is 3.57. The molecule has 9 heteroatoms. The summed E-state index contributed by atoms with van der Waals surface area (Å²) in [4.78, 5) is 27.8. The fourth-order valence-electron chi connectivity index (χ4n) is 3.47. The molecule has 1 saturated heterocycles. The molecule has 2 aromatic rings. The number of amides is 4. The quantitative estimate of drug-likeness (QED) is 0.859. The van der Waals surface area contributed by atoms with E-state index in [1.165, 1.54) is 0 Å². The van der Waals surface area contributed by atoms with Crippen LogP contribution in [-0.2, 0) is 19.5 Å². The summed E-state index contributed by atoms with van der Waals surface area (Å²) in [6, 6.07) is 6.94. The molecule has 2 aliphatic heterocycles. The third-order valence-electron chi connectivity index (χ3n) is 4.98. The lowest BCUT2D eigenvalue weighted by Gasteiger charge is -2.17. The lowest BCUT2D eigenvalue weighted by Crippen LogP contribution is -2.30. The summed E-state index contributed by atoms with van der Waals surface area (Å²) in [5.74, 6) is 1.77. The Morgan fingerprint density at radius 1 is 1.19 bits per heavy atom. The number of nitrogens with zero attached hydrogens (tertiary/aromatic N) is 5. The number of nitrogens with one attached hydrogen (secondary N) is 2. The van der Waals surface area contributed by atoms with Crippen LogP contribution in [0, 0.1) is 0 Å². The van der Waals surface area contributed by atoms with Crippen molar-refractivity contribution in [2.45, 2.75) is 32.4 Å². The van der Waals surface area contributed by atoms with E-state index in [2.05, 4.69) is 25.4 Å². The van der Waals surface area contributed by atoms with Gasteiger partial charge in [-0.15, -0.1) is 10.2 Å². The molecule has 0 unspecified atom stereocenters. The number of carbonyl (C=O) groups is 2. The van der Waals surface area contributed by atoms with Crippen LogP contribution in [0.3, 0.4) is 0 Å². The molecular weight excluding hydrogens is 346 g/mol. The van der Waals surface area contributed by atoms with Crippen LogP contribution in [0.1, 0.15) is 24.5 Å². The Labute approximate surface area is 157 Å². The van der Waals surface area contributed by atoms with Crippen molar-refractivity contribution >= 4 is 23.4 Å². The largest absolute Gasteiger partial charge is 0.331 e. The van der Waals surface area contributed by atoms with E-state index in [0.717, 1.165) is 43.1 Å². The predicted molar refractivity (Wildman–Crippen MR) is 101 cm³/mol. The van der Waals surface area contributed by atoms with Crippen LogP contribution in [-0.4, -0.2) is 51.9 Å². The summed E-state index contributed by atoms with van der Waals surface area (Å²) < 4.78 is 2.08. The van der Waals surface area contributed by atoms with Crippen LogP contribution < -0.4 is 15.5 Å². The van der Waals surface area contributed by atoms with Gasteiger partial charge in [-0.3, -0.25) is 4.90 Å². The van der Waals surface area contributed by atoms with Gasteiger partial charge in [-0.25, -0.2) is 9.59 Å². The highest BCUT2D eigenvalue weighted by Crippen LogP contribution is 2.23. The van der Waals surface area contributed by atoms with Crippen molar-refractivity contribution in [3.8, 4) is 0 Å². The highest BCUT2D eigenvalue weighted by molar-refractivity contribution is 5.95. The van der Waals surface area contributed by atoms with Crippen molar-refractivity contribution in [3.63, 3.8) is 0 Å². The topological polar surface area (TPSA) is 95.4 Å². The minimum Gasteiger partial charge on any atom is -0.331 e. The zero-order valence-corrected chi connectivity index (χ0v) is 15.3. The number of hydrogen-bond donors (Lipinski definition) is 2. The molecule has 0 radical (unpaired) electrons. The number of fused-ring (bicyclic) bond motifs is 1. The average Bonchev–Trinajstić information content (AvgIpc) is 3.24.